The second-order valence-electron chi connectivity index (χ2n) is 3.62. The molecule has 0 saturated heterocycles. The van der Waals surface area contributed by atoms with Crippen LogP contribution in [0.3, 0.4) is 0 Å². The maximum Gasteiger partial charge on any atom is 0.0964 e. The van der Waals surface area contributed by atoms with Crippen LogP contribution in [-0.4, -0.2) is 35.3 Å². The van der Waals surface area contributed by atoms with Crippen molar-refractivity contribution in [3.05, 3.63) is 11.9 Å². The van der Waals surface area contributed by atoms with E-state index >= 15 is 0 Å². The van der Waals surface area contributed by atoms with Crippen LogP contribution in [0, 0.1) is 0 Å². The first-order valence-corrected chi connectivity index (χ1v) is 5.38. The van der Waals surface area contributed by atoms with Gasteiger partial charge < -0.3 is 10.1 Å². The molecule has 1 atom stereocenters. The molecule has 0 aliphatic rings. The van der Waals surface area contributed by atoms with E-state index in [-0.39, 0.29) is 0 Å². The van der Waals surface area contributed by atoms with E-state index in [0.717, 1.165) is 31.8 Å². The summed E-state index contributed by atoms with van der Waals surface area (Å²) in [5.74, 6) is 0. The molecule has 0 fully saturated rings. The van der Waals surface area contributed by atoms with Gasteiger partial charge in [-0.05, 0) is 13.3 Å². The number of nitrogens with zero attached hydrogens (tertiary/aromatic N) is 3. The van der Waals surface area contributed by atoms with E-state index in [0.29, 0.717) is 6.04 Å². The fourth-order valence-electron chi connectivity index (χ4n) is 1.19. The highest BCUT2D eigenvalue weighted by molar-refractivity contribution is 4.92. The minimum absolute atomic E-state index is 0.422. The summed E-state index contributed by atoms with van der Waals surface area (Å²) in [5, 5.41) is 11.4. The highest BCUT2D eigenvalue weighted by Gasteiger charge is 2.04. The van der Waals surface area contributed by atoms with Gasteiger partial charge in [-0.1, -0.05) is 12.1 Å². The van der Waals surface area contributed by atoms with E-state index in [1.807, 2.05) is 10.9 Å². The Morgan fingerprint density at radius 3 is 3.07 bits per heavy atom. The number of aromatic nitrogens is 3. The first kappa shape index (κ1) is 12.1. The van der Waals surface area contributed by atoms with Crippen LogP contribution in [0.4, 0.5) is 0 Å². The SMILES string of the molecule is CCC(C)n1cc(CNCCOC)nn1. The van der Waals surface area contributed by atoms with E-state index in [1.165, 1.54) is 0 Å². The number of hydrogen-bond acceptors (Lipinski definition) is 4. The van der Waals surface area contributed by atoms with Crippen LogP contribution < -0.4 is 5.32 Å². The smallest absolute Gasteiger partial charge is 0.0964 e. The van der Waals surface area contributed by atoms with Crippen molar-refractivity contribution >= 4 is 0 Å². The molecule has 5 nitrogen and oxygen atoms in total. The third-order valence-electron chi connectivity index (χ3n) is 2.39. The van der Waals surface area contributed by atoms with Gasteiger partial charge >= 0.3 is 0 Å². The van der Waals surface area contributed by atoms with Crippen molar-refractivity contribution in [2.45, 2.75) is 32.9 Å². The molecule has 0 saturated carbocycles. The Balaban J connectivity index is 2.33. The highest BCUT2D eigenvalue weighted by atomic mass is 16.5. The summed E-state index contributed by atoms with van der Waals surface area (Å²) in [6.07, 6.45) is 3.06. The molecule has 0 aliphatic heterocycles. The number of rotatable bonds is 7. The lowest BCUT2D eigenvalue weighted by Crippen LogP contribution is -2.18. The van der Waals surface area contributed by atoms with Crippen LogP contribution in [0.15, 0.2) is 6.20 Å². The maximum absolute atomic E-state index is 4.94. The molecule has 1 aromatic heterocycles. The van der Waals surface area contributed by atoms with E-state index in [4.69, 9.17) is 4.74 Å². The Kier molecular flexibility index (Phi) is 5.28. The maximum atomic E-state index is 4.94. The van der Waals surface area contributed by atoms with Crippen LogP contribution >= 0.6 is 0 Å². The topological polar surface area (TPSA) is 52.0 Å². The van der Waals surface area contributed by atoms with Gasteiger partial charge in [0.1, 0.15) is 0 Å². The average Bonchev–Trinajstić information content (AvgIpc) is 2.72. The minimum Gasteiger partial charge on any atom is -0.383 e. The fourth-order valence-corrected chi connectivity index (χ4v) is 1.19. The first-order valence-electron chi connectivity index (χ1n) is 5.38. The molecule has 15 heavy (non-hydrogen) atoms. The Bertz CT molecular complexity index is 274. The van der Waals surface area contributed by atoms with Gasteiger partial charge in [-0.3, -0.25) is 0 Å². The lowest BCUT2D eigenvalue weighted by Gasteiger charge is -2.06. The zero-order valence-electron chi connectivity index (χ0n) is 9.73. The largest absolute Gasteiger partial charge is 0.383 e. The Hall–Kier alpha value is -0.940. The molecule has 0 radical (unpaired) electrons. The number of nitrogens with one attached hydrogen (secondary N) is 1. The molecule has 1 aromatic rings. The summed E-state index contributed by atoms with van der Waals surface area (Å²) in [7, 11) is 1.70. The van der Waals surface area contributed by atoms with Crippen molar-refractivity contribution in [1.82, 2.24) is 20.3 Å². The summed E-state index contributed by atoms with van der Waals surface area (Å²) in [6.45, 7) is 6.59. The number of methoxy groups -OCH3 is 1. The fraction of sp³-hybridized carbons (Fsp3) is 0.800. The molecule has 1 heterocycles. The summed E-state index contributed by atoms with van der Waals surface area (Å²) >= 11 is 0. The first-order chi connectivity index (χ1) is 7.27. The van der Waals surface area contributed by atoms with Crippen molar-refractivity contribution in [2.75, 3.05) is 20.3 Å². The predicted octanol–water partition coefficient (Wildman–Crippen LogP) is 0.985. The standard InChI is InChI=1S/C10H20N4O/c1-4-9(2)14-8-10(12-13-14)7-11-5-6-15-3/h8-9,11H,4-7H2,1-3H3. The van der Waals surface area contributed by atoms with E-state index in [1.54, 1.807) is 7.11 Å². The Morgan fingerprint density at radius 1 is 1.60 bits per heavy atom. The van der Waals surface area contributed by atoms with Gasteiger partial charge in [-0.2, -0.15) is 0 Å². The molecule has 5 heteroatoms. The molecule has 0 aromatic carbocycles. The molecule has 1 unspecified atom stereocenters. The lowest BCUT2D eigenvalue weighted by molar-refractivity contribution is 0.199. The average molecular weight is 212 g/mol. The molecule has 1 rings (SSSR count). The number of ether oxygens (including phenoxy) is 1. The van der Waals surface area contributed by atoms with Gasteiger partial charge in [0.15, 0.2) is 0 Å². The molecule has 1 N–H and O–H groups in total. The number of hydrogen-bond donors (Lipinski definition) is 1. The van der Waals surface area contributed by atoms with Gasteiger partial charge in [0.25, 0.3) is 0 Å². The van der Waals surface area contributed by atoms with Crippen molar-refractivity contribution < 1.29 is 4.74 Å². The van der Waals surface area contributed by atoms with Gasteiger partial charge in [-0.25, -0.2) is 4.68 Å². The second-order valence-corrected chi connectivity index (χ2v) is 3.62. The third-order valence-corrected chi connectivity index (χ3v) is 2.39. The zero-order valence-corrected chi connectivity index (χ0v) is 9.73. The summed E-state index contributed by atoms with van der Waals surface area (Å²) in [6, 6.07) is 0.422. The normalized spacial score (nSPS) is 13.0. The van der Waals surface area contributed by atoms with Crippen LogP contribution in [-0.2, 0) is 11.3 Å². The molecular weight excluding hydrogens is 192 g/mol. The minimum atomic E-state index is 0.422. The van der Waals surface area contributed by atoms with Crippen molar-refractivity contribution in [1.29, 1.82) is 0 Å². The van der Waals surface area contributed by atoms with Crippen molar-refractivity contribution in [3.63, 3.8) is 0 Å². The molecule has 0 bridgehead atoms. The molecule has 0 aliphatic carbocycles. The molecule has 0 amide bonds. The second kappa shape index (κ2) is 6.53. The third kappa shape index (κ3) is 3.97. The van der Waals surface area contributed by atoms with E-state index in [9.17, 15) is 0 Å². The molecule has 86 valence electrons. The molecule has 0 spiro atoms. The summed E-state index contributed by atoms with van der Waals surface area (Å²) in [4.78, 5) is 0. The monoisotopic (exact) mass is 212 g/mol. The van der Waals surface area contributed by atoms with Crippen LogP contribution in [0.1, 0.15) is 32.0 Å². The van der Waals surface area contributed by atoms with Crippen LogP contribution in [0.2, 0.25) is 0 Å². The van der Waals surface area contributed by atoms with Crippen molar-refractivity contribution in [2.24, 2.45) is 0 Å². The highest BCUT2D eigenvalue weighted by Crippen LogP contribution is 2.07. The van der Waals surface area contributed by atoms with Gasteiger partial charge in [-0.15, -0.1) is 5.10 Å². The van der Waals surface area contributed by atoms with E-state index < -0.39 is 0 Å². The summed E-state index contributed by atoms with van der Waals surface area (Å²) < 4.78 is 6.85. The quantitative estimate of drug-likeness (QED) is 0.685. The van der Waals surface area contributed by atoms with Crippen LogP contribution in [0.25, 0.3) is 0 Å². The predicted molar refractivity (Wildman–Crippen MR) is 58.6 cm³/mol. The summed E-state index contributed by atoms with van der Waals surface area (Å²) in [5.41, 5.74) is 0.978. The van der Waals surface area contributed by atoms with Gasteiger partial charge in [0.05, 0.1) is 24.5 Å². The van der Waals surface area contributed by atoms with Crippen LogP contribution in [0.5, 0.6) is 0 Å². The molecular formula is C10H20N4O. The van der Waals surface area contributed by atoms with Gasteiger partial charge in [0, 0.05) is 20.2 Å². The Labute approximate surface area is 90.8 Å². The lowest BCUT2D eigenvalue weighted by atomic mass is 10.3. The van der Waals surface area contributed by atoms with Crippen molar-refractivity contribution in [3.8, 4) is 0 Å². The van der Waals surface area contributed by atoms with E-state index in [2.05, 4.69) is 29.5 Å². The zero-order chi connectivity index (χ0) is 11.1. The Morgan fingerprint density at radius 2 is 2.40 bits per heavy atom. The van der Waals surface area contributed by atoms with Gasteiger partial charge in [0.2, 0.25) is 0 Å².